The quantitative estimate of drug-likeness (QED) is 0.176. The van der Waals surface area contributed by atoms with Crippen LogP contribution in [0.4, 0.5) is 32.2 Å². The van der Waals surface area contributed by atoms with Gasteiger partial charge in [0.25, 0.3) is 0 Å². The zero-order chi connectivity index (χ0) is 18.9. The van der Waals surface area contributed by atoms with Crippen LogP contribution in [0, 0.1) is 0 Å². The van der Waals surface area contributed by atoms with Crippen molar-refractivity contribution in [3.05, 3.63) is 23.9 Å². The van der Waals surface area contributed by atoms with Crippen molar-refractivity contribution in [2.75, 3.05) is 32.0 Å². The minimum absolute atomic E-state index is 0. The Morgan fingerprint density at radius 3 is 2.19 bits per heavy atom. The minimum Gasteiger partial charge on any atom is -0.370 e. The van der Waals surface area contributed by atoms with Gasteiger partial charge < -0.3 is 16.0 Å². The monoisotopic (exact) mass is 499 g/mol. The molecule has 0 radical (unpaired) electrons. The number of alkyl halides is 6. The molecule has 26 heavy (non-hydrogen) atoms. The number of aliphatic imine (C=N–C) groups is 1. The van der Waals surface area contributed by atoms with Crippen LogP contribution in [0.2, 0.25) is 0 Å². The average molecular weight is 499 g/mol. The largest absolute Gasteiger partial charge is 0.417 e. The highest BCUT2D eigenvalue weighted by Crippen LogP contribution is 2.28. The lowest BCUT2D eigenvalue weighted by atomic mass is 10.3. The van der Waals surface area contributed by atoms with Crippen LogP contribution in [0.5, 0.6) is 0 Å². The van der Waals surface area contributed by atoms with Gasteiger partial charge in [0.15, 0.2) is 5.96 Å². The van der Waals surface area contributed by atoms with Gasteiger partial charge in [0.2, 0.25) is 0 Å². The molecule has 0 spiro atoms. The summed E-state index contributed by atoms with van der Waals surface area (Å²) in [6, 6.07) is 2.16. The Hall–Kier alpha value is -1.47. The third-order valence-corrected chi connectivity index (χ3v) is 2.97. The summed E-state index contributed by atoms with van der Waals surface area (Å²) in [7, 11) is 1.44. The molecule has 150 valence electrons. The molecular weight excluding hydrogens is 479 g/mol. The van der Waals surface area contributed by atoms with Gasteiger partial charge in [-0.3, -0.25) is 4.99 Å². The van der Waals surface area contributed by atoms with E-state index in [1.807, 2.05) is 0 Å². The topological polar surface area (TPSA) is 61.3 Å². The Balaban J connectivity index is 0.00000625. The second-order valence-corrected chi connectivity index (χ2v) is 5.00. The highest BCUT2D eigenvalue weighted by molar-refractivity contribution is 14.0. The average Bonchev–Trinajstić information content (AvgIpc) is 2.51. The van der Waals surface area contributed by atoms with Crippen molar-refractivity contribution in [2.24, 2.45) is 4.99 Å². The van der Waals surface area contributed by atoms with Crippen molar-refractivity contribution in [3.63, 3.8) is 0 Å². The van der Waals surface area contributed by atoms with Crippen LogP contribution < -0.4 is 16.0 Å². The molecule has 0 saturated heterocycles. The number of pyridine rings is 1. The van der Waals surface area contributed by atoms with Crippen LogP contribution in [-0.2, 0) is 6.18 Å². The summed E-state index contributed by atoms with van der Waals surface area (Å²) in [5.74, 6) is 0.553. The molecule has 5 nitrogen and oxygen atoms in total. The van der Waals surface area contributed by atoms with Gasteiger partial charge >= 0.3 is 12.4 Å². The van der Waals surface area contributed by atoms with Gasteiger partial charge in [0.05, 0.1) is 12.0 Å². The van der Waals surface area contributed by atoms with Gasteiger partial charge in [-0.2, -0.15) is 26.3 Å². The van der Waals surface area contributed by atoms with Crippen molar-refractivity contribution < 1.29 is 26.3 Å². The molecule has 0 atom stereocenters. The van der Waals surface area contributed by atoms with E-state index in [0.29, 0.717) is 25.3 Å². The Labute approximate surface area is 164 Å². The molecule has 0 bridgehead atoms. The van der Waals surface area contributed by atoms with Crippen LogP contribution in [0.15, 0.2) is 23.3 Å². The van der Waals surface area contributed by atoms with Gasteiger partial charge in [0, 0.05) is 32.9 Å². The maximum atomic E-state index is 12.4. The number of hydrogen-bond donors (Lipinski definition) is 3. The van der Waals surface area contributed by atoms with Gasteiger partial charge in [0.1, 0.15) is 5.82 Å². The summed E-state index contributed by atoms with van der Waals surface area (Å²) in [6.45, 7) is 0.557. The predicted octanol–water partition coefficient (Wildman–Crippen LogP) is 3.64. The summed E-state index contributed by atoms with van der Waals surface area (Å²) in [5, 5.41) is 8.22. The first-order valence-electron chi connectivity index (χ1n) is 7.40. The third kappa shape index (κ3) is 10.5. The summed E-state index contributed by atoms with van der Waals surface area (Å²) in [6.07, 6.45) is -8.32. The highest BCUT2D eigenvalue weighted by atomic mass is 127. The Bertz CT molecular complexity index is 544. The van der Waals surface area contributed by atoms with Crippen LogP contribution >= 0.6 is 24.0 Å². The van der Waals surface area contributed by atoms with Crippen LogP contribution in [0.1, 0.15) is 18.4 Å². The maximum absolute atomic E-state index is 12.4. The molecule has 0 fully saturated rings. The molecule has 0 aliphatic heterocycles. The SMILES string of the molecule is CN=C(NCCCNc1ccc(C(F)(F)F)cn1)NCCC(F)(F)F.I. The van der Waals surface area contributed by atoms with Crippen molar-refractivity contribution in [2.45, 2.75) is 25.2 Å². The fourth-order valence-electron chi connectivity index (χ4n) is 1.72. The number of aromatic nitrogens is 1. The van der Waals surface area contributed by atoms with Crippen molar-refractivity contribution in [3.8, 4) is 0 Å². The first-order valence-corrected chi connectivity index (χ1v) is 7.40. The normalized spacial score (nSPS) is 12.3. The minimum atomic E-state index is -4.43. The number of rotatable bonds is 7. The molecule has 0 aliphatic rings. The van der Waals surface area contributed by atoms with Gasteiger partial charge in [-0.15, -0.1) is 24.0 Å². The van der Waals surface area contributed by atoms with Crippen molar-refractivity contribution in [1.29, 1.82) is 0 Å². The molecule has 12 heteroatoms. The summed E-state index contributed by atoms with van der Waals surface area (Å²) in [4.78, 5) is 7.45. The number of nitrogens with zero attached hydrogens (tertiary/aromatic N) is 2. The molecule has 0 aromatic carbocycles. The summed E-state index contributed by atoms with van der Waals surface area (Å²) >= 11 is 0. The van der Waals surface area contributed by atoms with Gasteiger partial charge in [-0.1, -0.05) is 0 Å². The molecule has 1 aromatic rings. The number of nitrogens with one attached hydrogen (secondary N) is 3. The van der Waals surface area contributed by atoms with E-state index in [0.717, 1.165) is 12.3 Å². The van der Waals surface area contributed by atoms with E-state index in [-0.39, 0.29) is 36.5 Å². The first-order chi connectivity index (χ1) is 11.6. The smallest absolute Gasteiger partial charge is 0.370 e. The predicted molar refractivity (Wildman–Crippen MR) is 97.8 cm³/mol. The molecule has 0 saturated carbocycles. The zero-order valence-electron chi connectivity index (χ0n) is 13.8. The fourth-order valence-corrected chi connectivity index (χ4v) is 1.72. The van der Waals surface area contributed by atoms with E-state index in [9.17, 15) is 26.3 Å². The number of anilines is 1. The third-order valence-electron chi connectivity index (χ3n) is 2.97. The van der Waals surface area contributed by atoms with E-state index in [1.54, 1.807) is 0 Å². The van der Waals surface area contributed by atoms with Gasteiger partial charge in [-0.25, -0.2) is 4.98 Å². The van der Waals surface area contributed by atoms with E-state index in [1.165, 1.54) is 13.1 Å². The first kappa shape index (κ1) is 24.5. The second kappa shape index (κ2) is 11.3. The van der Waals surface area contributed by atoms with Crippen LogP contribution in [0.3, 0.4) is 0 Å². The Morgan fingerprint density at radius 1 is 1.04 bits per heavy atom. The second-order valence-electron chi connectivity index (χ2n) is 5.00. The summed E-state index contributed by atoms with van der Waals surface area (Å²) < 4.78 is 73.3. The van der Waals surface area contributed by atoms with Crippen molar-refractivity contribution >= 4 is 35.8 Å². The molecule has 1 aromatic heterocycles. The Kier molecular flexibility index (Phi) is 10.6. The van der Waals surface area contributed by atoms with E-state index in [2.05, 4.69) is 25.9 Å². The number of guanidine groups is 1. The number of halogens is 7. The van der Waals surface area contributed by atoms with Crippen molar-refractivity contribution in [1.82, 2.24) is 15.6 Å². The zero-order valence-corrected chi connectivity index (χ0v) is 16.2. The molecule has 1 heterocycles. The van der Waals surface area contributed by atoms with E-state index in [4.69, 9.17) is 0 Å². The molecule has 1 rings (SSSR count). The van der Waals surface area contributed by atoms with E-state index >= 15 is 0 Å². The lowest BCUT2D eigenvalue weighted by Gasteiger charge is -2.13. The Morgan fingerprint density at radius 2 is 1.69 bits per heavy atom. The maximum Gasteiger partial charge on any atom is 0.417 e. The molecular formula is C14H20F6IN5. The number of hydrogen-bond acceptors (Lipinski definition) is 3. The van der Waals surface area contributed by atoms with Crippen LogP contribution in [0.25, 0.3) is 0 Å². The standard InChI is InChI=1S/C14H19F6N5.HI/c1-21-12(24-8-5-13(15,16)17)23-7-2-6-22-11-4-3-10(9-25-11)14(18,19)20;/h3-4,9H,2,5-8H2,1H3,(H,22,25)(H2,21,23,24);1H. The van der Waals surface area contributed by atoms with E-state index < -0.39 is 24.3 Å². The highest BCUT2D eigenvalue weighted by Gasteiger charge is 2.30. The lowest BCUT2D eigenvalue weighted by molar-refractivity contribution is -0.138. The molecule has 0 unspecified atom stereocenters. The summed E-state index contributed by atoms with van der Waals surface area (Å²) in [5.41, 5.74) is -0.826. The van der Waals surface area contributed by atoms with Crippen LogP contribution in [-0.4, -0.2) is 43.8 Å². The molecule has 3 N–H and O–H groups in total. The van der Waals surface area contributed by atoms with Gasteiger partial charge in [-0.05, 0) is 18.6 Å². The molecule has 0 amide bonds. The molecule has 0 aliphatic carbocycles. The fraction of sp³-hybridized carbons (Fsp3) is 0.571. The lowest BCUT2D eigenvalue weighted by Crippen LogP contribution is -2.39.